The Labute approximate surface area is 184 Å². The largest absolute Gasteiger partial charge is 0.493 e. The van der Waals surface area contributed by atoms with E-state index in [0.717, 1.165) is 11.6 Å². The summed E-state index contributed by atoms with van der Waals surface area (Å²) in [6.45, 7) is 4.97. The number of ether oxygens (including phenoxy) is 2. The predicted octanol–water partition coefficient (Wildman–Crippen LogP) is 4.10. The number of nitrogens with one attached hydrogen (secondary N) is 1. The summed E-state index contributed by atoms with van der Waals surface area (Å²) >= 11 is 0. The van der Waals surface area contributed by atoms with Crippen molar-refractivity contribution in [2.45, 2.75) is 19.8 Å². The fourth-order valence-electron chi connectivity index (χ4n) is 2.90. The number of benzene rings is 2. The molecule has 0 bridgehead atoms. The molecule has 0 saturated heterocycles. The van der Waals surface area contributed by atoms with Gasteiger partial charge >= 0.3 is 0 Å². The first-order chi connectivity index (χ1) is 15.3. The van der Waals surface area contributed by atoms with E-state index < -0.39 is 41.5 Å². The summed E-state index contributed by atoms with van der Waals surface area (Å²) in [5.41, 5.74) is 0.447. The molecule has 0 aromatic heterocycles. The minimum Gasteiger partial charge on any atom is -0.493 e. The standard InChI is InChI=1S/C23H25F3N2O4/c1-4-6-15-7-10-18(19(12-15)31-3)32-14-21(30)28(11-5-2)13-20(29)27-17-9-8-16(24)22(25)23(17)26/h4,7-10,12H,1,5-6,11,13-14H2,2-3H3,(H,27,29). The van der Waals surface area contributed by atoms with E-state index in [-0.39, 0.29) is 13.2 Å². The van der Waals surface area contributed by atoms with Crippen LogP contribution in [0.2, 0.25) is 0 Å². The lowest BCUT2D eigenvalue weighted by Crippen LogP contribution is -2.41. The topological polar surface area (TPSA) is 67.9 Å². The molecule has 32 heavy (non-hydrogen) atoms. The molecule has 172 valence electrons. The van der Waals surface area contributed by atoms with Crippen molar-refractivity contribution >= 4 is 17.5 Å². The van der Waals surface area contributed by atoms with E-state index in [2.05, 4.69) is 11.9 Å². The predicted molar refractivity (Wildman–Crippen MR) is 114 cm³/mol. The molecule has 6 nitrogen and oxygen atoms in total. The number of anilines is 1. The van der Waals surface area contributed by atoms with Gasteiger partial charge < -0.3 is 19.7 Å². The number of carbonyl (C=O) groups is 2. The van der Waals surface area contributed by atoms with Crippen LogP contribution in [0.1, 0.15) is 18.9 Å². The first-order valence-electron chi connectivity index (χ1n) is 9.92. The van der Waals surface area contributed by atoms with Gasteiger partial charge in [0.05, 0.1) is 19.3 Å². The molecule has 0 spiro atoms. The van der Waals surface area contributed by atoms with Crippen LogP contribution < -0.4 is 14.8 Å². The minimum atomic E-state index is -1.69. The van der Waals surface area contributed by atoms with E-state index in [0.29, 0.717) is 30.4 Å². The molecular formula is C23H25F3N2O4. The molecule has 2 rings (SSSR count). The number of hydrogen-bond donors (Lipinski definition) is 1. The second-order valence-corrected chi connectivity index (χ2v) is 6.85. The van der Waals surface area contributed by atoms with Crippen molar-refractivity contribution in [1.82, 2.24) is 4.90 Å². The Hall–Kier alpha value is -3.49. The Bertz CT molecular complexity index is 982. The van der Waals surface area contributed by atoms with Gasteiger partial charge in [-0.15, -0.1) is 6.58 Å². The quantitative estimate of drug-likeness (QED) is 0.414. The van der Waals surface area contributed by atoms with E-state index in [1.165, 1.54) is 12.0 Å². The van der Waals surface area contributed by atoms with Gasteiger partial charge in [-0.2, -0.15) is 0 Å². The van der Waals surface area contributed by atoms with Gasteiger partial charge in [0, 0.05) is 6.54 Å². The molecule has 1 N–H and O–H groups in total. The van der Waals surface area contributed by atoms with Crippen LogP contribution in [0.5, 0.6) is 11.5 Å². The Morgan fingerprint density at radius 1 is 1.12 bits per heavy atom. The summed E-state index contributed by atoms with van der Waals surface area (Å²) in [5.74, 6) is -5.00. The van der Waals surface area contributed by atoms with E-state index in [1.807, 2.05) is 13.0 Å². The third-order valence-electron chi connectivity index (χ3n) is 4.45. The molecule has 0 aliphatic heterocycles. The molecule has 2 aromatic rings. The third-order valence-corrected chi connectivity index (χ3v) is 4.45. The number of carbonyl (C=O) groups excluding carboxylic acids is 2. The normalized spacial score (nSPS) is 10.4. The highest BCUT2D eigenvalue weighted by Crippen LogP contribution is 2.28. The number of amides is 2. The smallest absolute Gasteiger partial charge is 0.260 e. The lowest BCUT2D eigenvalue weighted by atomic mass is 10.1. The molecule has 0 aliphatic rings. The second-order valence-electron chi connectivity index (χ2n) is 6.85. The molecule has 9 heteroatoms. The highest BCUT2D eigenvalue weighted by Gasteiger charge is 2.20. The van der Waals surface area contributed by atoms with Crippen molar-refractivity contribution in [2.75, 3.05) is 32.1 Å². The zero-order valence-corrected chi connectivity index (χ0v) is 17.9. The fraction of sp³-hybridized carbons (Fsp3) is 0.304. The second kappa shape index (κ2) is 11.8. The van der Waals surface area contributed by atoms with Crippen LogP contribution in [0.4, 0.5) is 18.9 Å². The SMILES string of the molecule is C=CCc1ccc(OCC(=O)N(CCC)CC(=O)Nc2ccc(F)c(F)c2F)c(OC)c1. The van der Waals surface area contributed by atoms with Crippen molar-refractivity contribution < 1.29 is 32.2 Å². The van der Waals surface area contributed by atoms with Gasteiger partial charge in [-0.25, -0.2) is 13.2 Å². The summed E-state index contributed by atoms with van der Waals surface area (Å²) in [7, 11) is 1.48. The summed E-state index contributed by atoms with van der Waals surface area (Å²) in [5, 5.41) is 2.15. The monoisotopic (exact) mass is 450 g/mol. The Morgan fingerprint density at radius 2 is 1.88 bits per heavy atom. The highest BCUT2D eigenvalue weighted by molar-refractivity contribution is 5.94. The van der Waals surface area contributed by atoms with Crippen LogP contribution in [0.3, 0.4) is 0 Å². The molecule has 0 fully saturated rings. The maximum absolute atomic E-state index is 13.8. The van der Waals surface area contributed by atoms with Crippen molar-refractivity contribution in [2.24, 2.45) is 0 Å². The van der Waals surface area contributed by atoms with E-state index in [4.69, 9.17) is 9.47 Å². The number of nitrogens with zero attached hydrogens (tertiary/aromatic N) is 1. The first-order valence-corrected chi connectivity index (χ1v) is 9.92. The minimum absolute atomic E-state index is 0.241. The molecule has 0 unspecified atom stereocenters. The van der Waals surface area contributed by atoms with Crippen LogP contribution in [0, 0.1) is 17.5 Å². The zero-order valence-electron chi connectivity index (χ0n) is 17.9. The summed E-state index contributed by atoms with van der Waals surface area (Å²) in [6, 6.07) is 6.87. The number of rotatable bonds is 11. The maximum atomic E-state index is 13.8. The first kappa shape index (κ1) is 24.8. The Morgan fingerprint density at radius 3 is 2.53 bits per heavy atom. The number of hydrogen-bond acceptors (Lipinski definition) is 4. The van der Waals surface area contributed by atoms with E-state index in [1.54, 1.807) is 18.2 Å². The van der Waals surface area contributed by atoms with Gasteiger partial charge in [-0.05, 0) is 42.7 Å². The molecule has 2 aromatic carbocycles. The van der Waals surface area contributed by atoms with Crippen LogP contribution in [-0.2, 0) is 16.0 Å². The molecule has 0 aliphatic carbocycles. The average Bonchev–Trinajstić information content (AvgIpc) is 2.78. The molecular weight excluding hydrogens is 425 g/mol. The summed E-state index contributed by atoms with van der Waals surface area (Å²) < 4.78 is 51.0. The van der Waals surface area contributed by atoms with Crippen molar-refractivity contribution in [3.8, 4) is 11.5 Å². The fourth-order valence-corrected chi connectivity index (χ4v) is 2.90. The Balaban J connectivity index is 2.02. The van der Waals surface area contributed by atoms with Crippen molar-refractivity contribution in [1.29, 1.82) is 0 Å². The van der Waals surface area contributed by atoms with Crippen LogP contribution >= 0.6 is 0 Å². The lowest BCUT2D eigenvalue weighted by molar-refractivity contribution is -0.136. The number of methoxy groups -OCH3 is 1. The summed E-state index contributed by atoms with van der Waals surface area (Å²) in [6.07, 6.45) is 2.95. The molecule has 0 heterocycles. The molecule has 0 atom stereocenters. The van der Waals surface area contributed by atoms with Gasteiger partial charge in [0.2, 0.25) is 5.91 Å². The lowest BCUT2D eigenvalue weighted by Gasteiger charge is -2.22. The van der Waals surface area contributed by atoms with Crippen LogP contribution in [0.25, 0.3) is 0 Å². The van der Waals surface area contributed by atoms with Gasteiger partial charge in [0.15, 0.2) is 35.6 Å². The van der Waals surface area contributed by atoms with Gasteiger partial charge in [-0.3, -0.25) is 9.59 Å². The van der Waals surface area contributed by atoms with Crippen molar-refractivity contribution in [3.05, 3.63) is 66.0 Å². The zero-order chi connectivity index (χ0) is 23.7. The molecule has 2 amide bonds. The average molecular weight is 450 g/mol. The molecule has 0 saturated carbocycles. The number of halogens is 3. The number of allylic oxidation sites excluding steroid dienone is 1. The van der Waals surface area contributed by atoms with Gasteiger partial charge in [0.25, 0.3) is 5.91 Å². The highest BCUT2D eigenvalue weighted by atomic mass is 19.2. The van der Waals surface area contributed by atoms with E-state index in [9.17, 15) is 22.8 Å². The van der Waals surface area contributed by atoms with Gasteiger partial charge in [0.1, 0.15) is 0 Å². The maximum Gasteiger partial charge on any atom is 0.260 e. The van der Waals surface area contributed by atoms with Crippen molar-refractivity contribution in [3.63, 3.8) is 0 Å². The van der Waals surface area contributed by atoms with Gasteiger partial charge in [-0.1, -0.05) is 19.1 Å². The van der Waals surface area contributed by atoms with E-state index >= 15 is 0 Å². The van der Waals surface area contributed by atoms with Crippen LogP contribution in [0.15, 0.2) is 43.0 Å². The molecule has 0 radical (unpaired) electrons. The third kappa shape index (κ3) is 6.50. The Kier molecular flexibility index (Phi) is 9.12. The summed E-state index contributed by atoms with van der Waals surface area (Å²) in [4.78, 5) is 26.1. The van der Waals surface area contributed by atoms with Crippen LogP contribution in [-0.4, -0.2) is 43.5 Å².